The molecule has 0 atom stereocenters. The van der Waals surface area contributed by atoms with Gasteiger partial charge in [0.25, 0.3) is 0 Å². The van der Waals surface area contributed by atoms with Crippen molar-refractivity contribution in [2.24, 2.45) is 10.1 Å². The second-order valence-electron chi connectivity index (χ2n) is 5.31. The average molecular weight is 311 g/mol. The van der Waals surface area contributed by atoms with Crippen LogP contribution in [0.5, 0.6) is 0 Å². The van der Waals surface area contributed by atoms with Crippen LogP contribution in [0.25, 0.3) is 0 Å². The van der Waals surface area contributed by atoms with Gasteiger partial charge in [0.05, 0.1) is 18.9 Å². The van der Waals surface area contributed by atoms with E-state index in [2.05, 4.69) is 15.4 Å². The van der Waals surface area contributed by atoms with E-state index < -0.39 is 0 Å². The van der Waals surface area contributed by atoms with Crippen molar-refractivity contribution in [3.05, 3.63) is 53.8 Å². The Bertz CT molecular complexity index is 667. The molecule has 23 heavy (non-hydrogen) atoms. The Labute approximate surface area is 136 Å². The highest BCUT2D eigenvalue weighted by molar-refractivity contribution is 6.12. The smallest absolute Gasteiger partial charge is 0.181 e. The monoisotopic (exact) mass is 311 g/mol. The van der Waals surface area contributed by atoms with Crippen LogP contribution in [-0.4, -0.2) is 42.9 Å². The summed E-state index contributed by atoms with van der Waals surface area (Å²) in [6.45, 7) is 5.05. The molecule has 6 nitrogen and oxygen atoms in total. The van der Waals surface area contributed by atoms with E-state index in [-0.39, 0.29) is 0 Å². The minimum absolute atomic E-state index is 0.657. The quantitative estimate of drug-likeness (QED) is 0.816. The van der Waals surface area contributed by atoms with Crippen molar-refractivity contribution in [1.29, 1.82) is 0 Å². The summed E-state index contributed by atoms with van der Waals surface area (Å²) in [5.74, 6) is 1.55. The zero-order chi connectivity index (χ0) is 16.1. The summed E-state index contributed by atoms with van der Waals surface area (Å²) in [7, 11) is 0. The van der Waals surface area contributed by atoms with Gasteiger partial charge < -0.3 is 15.4 Å². The second-order valence-corrected chi connectivity index (χ2v) is 5.31. The number of rotatable bonds is 2. The molecule has 6 heteroatoms. The first-order chi connectivity index (χ1) is 11.3. The van der Waals surface area contributed by atoms with Crippen molar-refractivity contribution in [3.8, 4) is 0 Å². The largest absolute Gasteiger partial charge is 0.399 e. The summed E-state index contributed by atoms with van der Waals surface area (Å²) in [5, 5.41) is 4.39. The zero-order valence-electron chi connectivity index (χ0n) is 13.2. The van der Waals surface area contributed by atoms with Gasteiger partial charge >= 0.3 is 0 Å². The molecular formula is C17H21N5O. The predicted molar refractivity (Wildman–Crippen MR) is 93.3 cm³/mol. The van der Waals surface area contributed by atoms with Gasteiger partial charge in [0.15, 0.2) is 11.7 Å². The molecular weight excluding hydrogens is 290 g/mol. The van der Waals surface area contributed by atoms with Crippen molar-refractivity contribution in [3.63, 3.8) is 0 Å². The standard InChI is InChI=1S/C17H21N5O/c1-2-3-4-15-17(22-9-11-23-12-10-22)19-16(21-20-15)13-5-7-14(18)8-6-13/h2-8,20H,9-12,18H2,1H3/b3-2-,15-4-. The molecule has 1 saturated heterocycles. The molecule has 3 N–H and O–H groups in total. The Morgan fingerprint density at radius 3 is 2.65 bits per heavy atom. The lowest BCUT2D eigenvalue weighted by Gasteiger charge is -2.32. The van der Waals surface area contributed by atoms with Crippen LogP contribution in [0.1, 0.15) is 12.5 Å². The summed E-state index contributed by atoms with van der Waals surface area (Å²) in [6, 6.07) is 7.56. The van der Waals surface area contributed by atoms with Crippen LogP contribution in [0, 0.1) is 0 Å². The molecule has 0 unspecified atom stereocenters. The molecule has 1 fully saturated rings. The predicted octanol–water partition coefficient (Wildman–Crippen LogP) is 1.72. The van der Waals surface area contributed by atoms with Crippen molar-refractivity contribution in [2.75, 3.05) is 32.0 Å². The molecule has 2 aliphatic rings. The molecule has 0 amide bonds. The second kappa shape index (κ2) is 7.11. The number of nitrogens with zero attached hydrogens (tertiary/aromatic N) is 3. The third-order valence-electron chi connectivity index (χ3n) is 3.67. The van der Waals surface area contributed by atoms with Crippen molar-refractivity contribution < 1.29 is 4.74 Å². The van der Waals surface area contributed by atoms with Crippen LogP contribution in [0.3, 0.4) is 0 Å². The number of nitrogen functional groups attached to an aromatic ring is 1. The van der Waals surface area contributed by atoms with E-state index in [1.54, 1.807) is 0 Å². The minimum Gasteiger partial charge on any atom is -0.399 e. The van der Waals surface area contributed by atoms with Gasteiger partial charge in [0.2, 0.25) is 0 Å². The molecule has 3 rings (SSSR count). The Hall–Kier alpha value is -2.60. The molecule has 0 aromatic heterocycles. The maximum atomic E-state index is 5.75. The topological polar surface area (TPSA) is 75.2 Å². The number of benzene rings is 1. The lowest BCUT2D eigenvalue weighted by atomic mass is 10.2. The van der Waals surface area contributed by atoms with E-state index in [0.717, 1.165) is 35.9 Å². The van der Waals surface area contributed by atoms with E-state index in [9.17, 15) is 0 Å². The average Bonchev–Trinajstić information content (AvgIpc) is 2.61. The van der Waals surface area contributed by atoms with Gasteiger partial charge in [-0.15, -0.1) is 0 Å². The van der Waals surface area contributed by atoms with Gasteiger partial charge in [-0.2, -0.15) is 5.10 Å². The summed E-state index contributed by atoms with van der Waals surface area (Å²) in [5.41, 5.74) is 11.4. The fourth-order valence-electron chi connectivity index (χ4n) is 2.43. The first-order valence-corrected chi connectivity index (χ1v) is 7.72. The van der Waals surface area contributed by atoms with Crippen LogP contribution in [-0.2, 0) is 4.74 Å². The molecule has 0 aliphatic carbocycles. The SMILES string of the molecule is C/C=C\C=C1/NN=C(c2ccc(N)cc2)N=C1N1CCOCC1. The van der Waals surface area contributed by atoms with Crippen molar-refractivity contribution >= 4 is 17.4 Å². The number of aliphatic imine (C=N–C) groups is 1. The van der Waals surface area contributed by atoms with Crippen molar-refractivity contribution in [2.45, 2.75) is 6.92 Å². The molecule has 1 aromatic rings. The number of nitrogens with one attached hydrogen (secondary N) is 1. The first kappa shape index (κ1) is 15.3. The highest BCUT2D eigenvalue weighted by Gasteiger charge is 2.22. The maximum Gasteiger partial charge on any atom is 0.181 e. The van der Waals surface area contributed by atoms with Gasteiger partial charge in [-0.05, 0) is 37.3 Å². The molecule has 0 spiro atoms. The van der Waals surface area contributed by atoms with Gasteiger partial charge in [-0.25, -0.2) is 4.99 Å². The number of morpholine rings is 1. The minimum atomic E-state index is 0.657. The number of amidine groups is 2. The van der Waals surface area contributed by atoms with Crippen molar-refractivity contribution in [1.82, 2.24) is 10.3 Å². The lowest BCUT2D eigenvalue weighted by Crippen LogP contribution is -2.45. The molecule has 1 aromatic carbocycles. The Morgan fingerprint density at radius 1 is 1.22 bits per heavy atom. The van der Waals surface area contributed by atoms with Gasteiger partial charge in [0.1, 0.15) is 0 Å². The molecule has 0 bridgehead atoms. The summed E-state index contributed by atoms with van der Waals surface area (Å²) >= 11 is 0. The molecule has 0 saturated carbocycles. The molecule has 2 heterocycles. The third kappa shape index (κ3) is 3.60. The van der Waals surface area contributed by atoms with E-state index in [1.165, 1.54) is 0 Å². The van der Waals surface area contributed by atoms with Crippen LogP contribution < -0.4 is 11.2 Å². The summed E-state index contributed by atoms with van der Waals surface area (Å²) in [4.78, 5) is 6.99. The highest BCUT2D eigenvalue weighted by atomic mass is 16.5. The highest BCUT2D eigenvalue weighted by Crippen LogP contribution is 2.14. The van der Waals surface area contributed by atoms with Crippen LogP contribution in [0.4, 0.5) is 5.69 Å². The van der Waals surface area contributed by atoms with E-state index in [1.807, 2.05) is 49.4 Å². The van der Waals surface area contributed by atoms with Gasteiger partial charge in [0, 0.05) is 24.3 Å². The fraction of sp³-hybridized carbons (Fsp3) is 0.294. The van der Waals surface area contributed by atoms with E-state index >= 15 is 0 Å². The molecule has 120 valence electrons. The van der Waals surface area contributed by atoms with E-state index in [0.29, 0.717) is 19.0 Å². The summed E-state index contributed by atoms with van der Waals surface area (Å²) < 4.78 is 5.44. The lowest BCUT2D eigenvalue weighted by molar-refractivity contribution is 0.0680. The first-order valence-electron chi connectivity index (χ1n) is 7.72. The number of anilines is 1. The Kier molecular flexibility index (Phi) is 4.73. The molecule has 2 aliphatic heterocycles. The Morgan fingerprint density at radius 2 is 1.96 bits per heavy atom. The number of hydrogen-bond acceptors (Lipinski definition) is 6. The van der Waals surface area contributed by atoms with Gasteiger partial charge in [-0.1, -0.05) is 12.2 Å². The number of hydrazone groups is 1. The number of allylic oxidation sites excluding steroid dienone is 3. The fourth-order valence-corrected chi connectivity index (χ4v) is 2.43. The Balaban J connectivity index is 1.92. The zero-order valence-corrected chi connectivity index (χ0v) is 13.2. The number of ether oxygens (including phenoxy) is 1. The maximum absolute atomic E-state index is 5.75. The number of nitrogens with two attached hydrogens (primary N) is 1. The van der Waals surface area contributed by atoms with Crippen LogP contribution in [0.15, 0.2) is 58.3 Å². The van der Waals surface area contributed by atoms with Gasteiger partial charge in [-0.3, -0.25) is 5.43 Å². The van der Waals surface area contributed by atoms with Crippen LogP contribution >= 0.6 is 0 Å². The van der Waals surface area contributed by atoms with Crippen LogP contribution in [0.2, 0.25) is 0 Å². The van der Waals surface area contributed by atoms with E-state index in [4.69, 9.17) is 15.5 Å². The third-order valence-corrected chi connectivity index (χ3v) is 3.67. The molecule has 0 radical (unpaired) electrons. The number of hydrogen-bond donors (Lipinski definition) is 2. The summed E-state index contributed by atoms with van der Waals surface area (Å²) in [6.07, 6.45) is 5.93. The normalized spacial score (nSPS) is 20.4.